The third kappa shape index (κ3) is 4.08. The van der Waals surface area contributed by atoms with Gasteiger partial charge in [-0.2, -0.15) is 10.1 Å². The molecule has 1 saturated heterocycles. The lowest BCUT2D eigenvalue weighted by Crippen LogP contribution is -2.21. The largest absolute Gasteiger partial charge is 0.365 e. The number of hydrogen-bond acceptors (Lipinski definition) is 7. The summed E-state index contributed by atoms with van der Waals surface area (Å²) in [5, 5.41) is 14.6. The fourth-order valence-corrected chi connectivity index (χ4v) is 4.24. The molecule has 0 spiro atoms. The Hall–Kier alpha value is -1.93. The third-order valence-corrected chi connectivity index (χ3v) is 5.59. The number of halogens is 1. The molecule has 7 nitrogen and oxygen atoms in total. The number of anilines is 3. The zero-order valence-corrected chi connectivity index (χ0v) is 14.0. The van der Waals surface area contributed by atoms with Crippen LogP contribution in [0.25, 0.3) is 0 Å². The standard InChI is InChI=1S/C14H16ClN5O2S/c1-9-2-3-10(15)6-12(9)18-14-19-13(7-16-20-14)17-11-4-5-23(21,22)8-11/h2-3,6-7,11H,4-5,8H2,1H3,(H2,17,18,19,20). The molecule has 1 aliphatic rings. The van der Waals surface area contributed by atoms with Crippen molar-refractivity contribution in [3.8, 4) is 0 Å². The Kier molecular flexibility index (Phi) is 4.36. The highest BCUT2D eigenvalue weighted by Gasteiger charge is 2.28. The minimum Gasteiger partial charge on any atom is -0.365 e. The number of rotatable bonds is 4. The predicted molar refractivity (Wildman–Crippen MR) is 90.0 cm³/mol. The second-order valence-corrected chi connectivity index (χ2v) is 8.16. The Morgan fingerprint density at radius 1 is 1.35 bits per heavy atom. The summed E-state index contributed by atoms with van der Waals surface area (Å²) in [6.07, 6.45) is 2.05. The molecule has 0 bridgehead atoms. The van der Waals surface area contributed by atoms with Gasteiger partial charge in [-0.25, -0.2) is 8.42 Å². The van der Waals surface area contributed by atoms with Crippen LogP contribution in [0.5, 0.6) is 0 Å². The van der Waals surface area contributed by atoms with Crippen LogP contribution in [0, 0.1) is 6.92 Å². The quantitative estimate of drug-likeness (QED) is 0.869. The average molecular weight is 354 g/mol. The van der Waals surface area contributed by atoms with E-state index >= 15 is 0 Å². The Labute approximate surface area is 139 Å². The van der Waals surface area contributed by atoms with E-state index in [1.54, 1.807) is 12.1 Å². The van der Waals surface area contributed by atoms with Gasteiger partial charge in [0.1, 0.15) is 0 Å². The number of nitrogens with zero attached hydrogens (tertiary/aromatic N) is 3. The van der Waals surface area contributed by atoms with E-state index in [4.69, 9.17) is 11.6 Å². The molecule has 1 aliphatic heterocycles. The second-order valence-electron chi connectivity index (χ2n) is 5.49. The van der Waals surface area contributed by atoms with Crippen LogP contribution in [0.1, 0.15) is 12.0 Å². The minimum absolute atomic E-state index is 0.118. The van der Waals surface area contributed by atoms with Crippen molar-refractivity contribution in [3.05, 3.63) is 35.0 Å². The molecule has 23 heavy (non-hydrogen) atoms. The molecule has 1 aromatic carbocycles. The van der Waals surface area contributed by atoms with Crippen LogP contribution in [0.4, 0.5) is 17.5 Å². The lowest BCUT2D eigenvalue weighted by Gasteiger charge is -2.12. The highest BCUT2D eigenvalue weighted by molar-refractivity contribution is 7.91. The van der Waals surface area contributed by atoms with Crippen molar-refractivity contribution >= 4 is 38.9 Å². The van der Waals surface area contributed by atoms with Crippen molar-refractivity contribution in [2.45, 2.75) is 19.4 Å². The summed E-state index contributed by atoms with van der Waals surface area (Å²) in [6.45, 7) is 1.94. The van der Waals surface area contributed by atoms with E-state index in [0.29, 0.717) is 23.2 Å². The van der Waals surface area contributed by atoms with Crippen LogP contribution in [-0.4, -0.2) is 41.1 Å². The second kappa shape index (κ2) is 6.29. The molecular formula is C14H16ClN5O2S. The normalized spacial score (nSPS) is 19.5. The summed E-state index contributed by atoms with van der Waals surface area (Å²) in [5.74, 6) is 1.13. The number of sulfone groups is 1. The lowest BCUT2D eigenvalue weighted by molar-refractivity contribution is 0.602. The van der Waals surface area contributed by atoms with Gasteiger partial charge in [-0.15, -0.1) is 5.10 Å². The monoisotopic (exact) mass is 353 g/mol. The van der Waals surface area contributed by atoms with E-state index in [-0.39, 0.29) is 17.5 Å². The first kappa shape index (κ1) is 15.9. The average Bonchev–Trinajstić information content (AvgIpc) is 2.82. The SMILES string of the molecule is Cc1ccc(Cl)cc1Nc1nncc(NC2CCS(=O)(=O)C2)n1. The minimum atomic E-state index is -2.94. The van der Waals surface area contributed by atoms with Crippen LogP contribution in [0.3, 0.4) is 0 Å². The molecule has 0 saturated carbocycles. The summed E-state index contributed by atoms with van der Waals surface area (Å²) < 4.78 is 23.0. The van der Waals surface area contributed by atoms with E-state index in [2.05, 4.69) is 25.8 Å². The van der Waals surface area contributed by atoms with Crippen LogP contribution in [-0.2, 0) is 9.84 Å². The highest BCUT2D eigenvalue weighted by Crippen LogP contribution is 2.23. The Morgan fingerprint density at radius 3 is 2.91 bits per heavy atom. The van der Waals surface area contributed by atoms with Gasteiger partial charge in [0.25, 0.3) is 0 Å². The summed E-state index contributed by atoms with van der Waals surface area (Å²) in [7, 11) is -2.94. The summed E-state index contributed by atoms with van der Waals surface area (Å²) in [6, 6.07) is 5.34. The molecule has 2 heterocycles. The molecule has 9 heteroatoms. The first-order valence-electron chi connectivity index (χ1n) is 7.11. The predicted octanol–water partition coefficient (Wildman–Crippen LogP) is 2.18. The third-order valence-electron chi connectivity index (χ3n) is 3.59. The van der Waals surface area contributed by atoms with Gasteiger partial charge in [-0.05, 0) is 31.0 Å². The number of benzene rings is 1. The number of nitrogens with one attached hydrogen (secondary N) is 2. The van der Waals surface area contributed by atoms with Crippen molar-refractivity contribution in [3.63, 3.8) is 0 Å². The molecule has 1 unspecified atom stereocenters. The van der Waals surface area contributed by atoms with Crippen molar-refractivity contribution < 1.29 is 8.42 Å². The van der Waals surface area contributed by atoms with Gasteiger partial charge < -0.3 is 10.6 Å². The van der Waals surface area contributed by atoms with Gasteiger partial charge in [0.05, 0.1) is 17.7 Å². The van der Waals surface area contributed by atoms with Gasteiger partial charge in [0.2, 0.25) is 5.95 Å². The van der Waals surface area contributed by atoms with E-state index in [0.717, 1.165) is 11.3 Å². The Balaban J connectivity index is 1.74. The fourth-order valence-electron chi connectivity index (χ4n) is 2.39. The zero-order chi connectivity index (χ0) is 16.4. The first-order valence-corrected chi connectivity index (χ1v) is 9.31. The molecular weight excluding hydrogens is 338 g/mol. The molecule has 1 fully saturated rings. The maximum atomic E-state index is 11.5. The molecule has 122 valence electrons. The topological polar surface area (TPSA) is 96.9 Å². The van der Waals surface area contributed by atoms with E-state index in [9.17, 15) is 8.42 Å². The van der Waals surface area contributed by atoms with Gasteiger partial charge in [0.15, 0.2) is 15.7 Å². The van der Waals surface area contributed by atoms with Crippen LogP contribution in [0.2, 0.25) is 5.02 Å². The molecule has 2 aromatic rings. The molecule has 3 rings (SSSR count). The fraction of sp³-hybridized carbons (Fsp3) is 0.357. The summed E-state index contributed by atoms with van der Waals surface area (Å²) in [5.41, 5.74) is 1.79. The number of hydrogen-bond donors (Lipinski definition) is 2. The van der Waals surface area contributed by atoms with Crippen LogP contribution >= 0.6 is 11.6 Å². The van der Waals surface area contributed by atoms with E-state index < -0.39 is 9.84 Å². The molecule has 1 atom stereocenters. The molecule has 2 N–H and O–H groups in total. The van der Waals surface area contributed by atoms with E-state index in [1.165, 1.54) is 6.20 Å². The van der Waals surface area contributed by atoms with Crippen LogP contribution in [0.15, 0.2) is 24.4 Å². The maximum absolute atomic E-state index is 11.5. The Morgan fingerprint density at radius 2 is 2.17 bits per heavy atom. The summed E-state index contributed by atoms with van der Waals surface area (Å²) in [4.78, 5) is 4.32. The van der Waals surface area contributed by atoms with Crippen molar-refractivity contribution in [1.82, 2.24) is 15.2 Å². The van der Waals surface area contributed by atoms with Crippen LogP contribution < -0.4 is 10.6 Å². The van der Waals surface area contributed by atoms with Gasteiger partial charge >= 0.3 is 0 Å². The molecule has 0 radical (unpaired) electrons. The number of aromatic nitrogens is 3. The van der Waals surface area contributed by atoms with Crippen molar-refractivity contribution in [2.24, 2.45) is 0 Å². The van der Waals surface area contributed by atoms with Gasteiger partial charge in [-0.3, -0.25) is 0 Å². The Bertz CT molecular complexity index is 828. The molecule has 1 aromatic heterocycles. The smallest absolute Gasteiger partial charge is 0.249 e. The highest BCUT2D eigenvalue weighted by atomic mass is 35.5. The zero-order valence-electron chi connectivity index (χ0n) is 12.5. The van der Waals surface area contributed by atoms with Crippen molar-refractivity contribution in [2.75, 3.05) is 22.1 Å². The van der Waals surface area contributed by atoms with Gasteiger partial charge in [-0.1, -0.05) is 17.7 Å². The first-order chi connectivity index (χ1) is 10.9. The molecule has 0 amide bonds. The lowest BCUT2D eigenvalue weighted by atomic mass is 10.2. The summed E-state index contributed by atoms with van der Waals surface area (Å²) >= 11 is 5.99. The van der Waals surface area contributed by atoms with Crippen molar-refractivity contribution in [1.29, 1.82) is 0 Å². The number of aryl methyl sites for hydroxylation is 1. The van der Waals surface area contributed by atoms with E-state index in [1.807, 2.05) is 13.0 Å². The molecule has 0 aliphatic carbocycles. The van der Waals surface area contributed by atoms with Gasteiger partial charge in [0, 0.05) is 16.8 Å². The maximum Gasteiger partial charge on any atom is 0.249 e.